The second-order valence-corrected chi connectivity index (χ2v) is 6.81. The lowest BCUT2D eigenvalue weighted by atomic mass is 9.97. The van der Waals surface area contributed by atoms with Gasteiger partial charge in [-0.15, -0.1) is 0 Å². The predicted octanol–water partition coefficient (Wildman–Crippen LogP) is 4.10. The lowest BCUT2D eigenvalue weighted by Crippen LogP contribution is -2.24. The van der Waals surface area contributed by atoms with E-state index in [1.54, 1.807) is 6.92 Å². The second kappa shape index (κ2) is 8.77. The minimum atomic E-state index is -0.0564. The Kier molecular flexibility index (Phi) is 6.18. The largest absolute Gasteiger partial charge is 0.381 e. The van der Waals surface area contributed by atoms with Gasteiger partial charge in [0, 0.05) is 30.9 Å². The summed E-state index contributed by atoms with van der Waals surface area (Å²) in [6.07, 6.45) is 3.21. The summed E-state index contributed by atoms with van der Waals surface area (Å²) in [5.41, 5.74) is 3.16. The first-order valence-electron chi connectivity index (χ1n) is 9.21. The Bertz CT molecular complexity index is 761. The van der Waals surface area contributed by atoms with Crippen LogP contribution in [-0.4, -0.2) is 31.4 Å². The molecule has 1 atom stereocenters. The van der Waals surface area contributed by atoms with Crippen LogP contribution in [-0.2, 0) is 4.74 Å². The Morgan fingerprint density at radius 3 is 2.58 bits per heavy atom. The molecule has 0 saturated carbocycles. The Morgan fingerprint density at radius 1 is 1.12 bits per heavy atom. The van der Waals surface area contributed by atoms with Crippen LogP contribution in [0.5, 0.6) is 0 Å². The SMILES string of the molecule is CC(=O)c1ccccc1-c1ccc(C(=O)NCCC[C@H]2CCOC2)cc1. The van der Waals surface area contributed by atoms with Gasteiger partial charge in [0.05, 0.1) is 0 Å². The number of benzene rings is 2. The fourth-order valence-corrected chi connectivity index (χ4v) is 3.35. The van der Waals surface area contributed by atoms with Crippen molar-refractivity contribution < 1.29 is 14.3 Å². The molecule has 1 amide bonds. The van der Waals surface area contributed by atoms with Gasteiger partial charge < -0.3 is 10.1 Å². The first-order valence-corrected chi connectivity index (χ1v) is 9.21. The van der Waals surface area contributed by atoms with Gasteiger partial charge in [0.15, 0.2) is 5.78 Å². The Hall–Kier alpha value is -2.46. The van der Waals surface area contributed by atoms with Crippen molar-refractivity contribution in [3.8, 4) is 11.1 Å². The van der Waals surface area contributed by atoms with E-state index in [-0.39, 0.29) is 11.7 Å². The molecule has 1 aliphatic rings. The Morgan fingerprint density at radius 2 is 1.88 bits per heavy atom. The molecule has 0 radical (unpaired) electrons. The van der Waals surface area contributed by atoms with Crippen molar-refractivity contribution in [1.82, 2.24) is 5.32 Å². The minimum Gasteiger partial charge on any atom is -0.381 e. The normalized spacial score (nSPS) is 16.4. The summed E-state index contributed by atoms with van der Waals surface area (Å²) in [6.45, 7) is 3.98. The molecule has 1 aliphatic heterocycles. The van der Waals surface area contributed by atoms with Gasteiger partial charge in [-0.1, -0.05) is 36.4 Å². The fourth-order valence-electron chi connectivity index (χ4n) is 3.35. The van der Waals surface area contributed by atoms with E-state index < -0.39 is 0 Å². The van der Waals surface area contributed by atoms with E-state index >= 15 is 0 Å². The van der Waals surface area contributed by atoms with Gasteiger partial charge in [-0.3, -0.25) is 9.59 Å². The maximum atomic E-state index is 12.3. The summed E-state index contributed by atoms with van der Waals surface area (Å²) < 4.78 is 5.37. The Balaban J connectivity index is 1.57. The highest BCUT2D eigenvalue weighted by molar-refractivity contribution is 6.01. The predicted molar refractivity (Wildman–Crippen MR) is 102 cm³/mol. The molecular weight excluding hydrogens is 326 g/mol. The molecule has 0 unspecified atom stereocenters. The average molecular weight is 351 g/mol. The molecule has 0 spiro atoms. The summed E-state index contributed by atoms with van der Waals surface area (Å²) in [4.78, 5) is 24.1. The van der Waals surface area contributed by atoms with Crippen molar-refractivity contribution in [2.75, 3.05) is 19.8 Å². The number of carbonyl (C=O) groups excluding carboxylic acids is 2. The minimum absolute atomic E-state index is 0.0371. The van der Waals surface area contributed by atoms with E-state index in [2.05, 4.69) is 5.32 Å². The third kappa shape index (κ3) is 4.58. The van der Waals surface area contributed by atoms with E-state index in [4.69, 9.17) is 4.74 Å². The number of amides is 1. The number of nitrogens with one attached hydrogen (secondary N) is 1. The molecule has 2 aromatic rings. The van der Waals surface area contributed by atoms with Crippen LogP contribution in [0.15, 0.2) is 48.5 Å². The zero-order chi connectivity index (χ0) is 18.4. The lowest BCUT2D eigenvalue weighted by Gasteiger charge is -2.10. The molecule has 26 heavy (non-hydrogen) atoms. The number of ketones is 1. The van der Waals surface area contributed by atoms with Gasteiger partial charge in [0.1, 0.15) is 0 Å². The first kappa shape index (κ1) is 18.3. The van der Waals surface area contributed by atoms with Crippen LogP contribution in [0.3, 0.4) is 0 Å². The van der Waals surface area contributed by atoms with Crippen LogP contribution < -0.4 is 5.32 Å². The molecule has 0 aromatic heterocycles. The van der Waals surface area contributed by atoms with Crippen molar-refractivity contribution in [3.63, 3.8) is 0 Å². The van der Waals surface area contributed by atoms with Crippen molar-refractivity contribution in [2.45, 2.75) is 26.2 Å². The molecular formula is C22H25NO3. The van der Waals surface area contributed by atoms with Crippen molar-refractivity contribution in [2.24, 2.45) is 5.92 Å². The number of ether oxygens (including phenoxy) is 1. The first-order chi connectivity index (χ1) is 12.6. The van der Waals surface area contributed by atoms with Crippen LogP contribution >= 0.6 is 0 Å². The van der Waals surface area contributed by atoms with Gasteiger partial charge in [-0.25, -0.2) is 0 Å². The van der Waals surface area contributed by atoms with Crippen molar-refractivity contribution in [3.05, 3.63) is 59.7 Å². The van der Waals surface area contributed by atoms with E-state index in [0.717, 1.165) is 43.6 Å². The highest BCUT2D eigenvalue weighted by Crippen LogP contribution is 2.24. The molecule has 136 valence electrons. The van der Waals surface area contributed by atoms with Crippen molar-refractivity contribution >= 4 is 11.7 Å². The van der Waals surface area contributed by atoms with Crippen LogP contribution in [0.4, 0.5) is 0 Å². The standard InChI is InChI=1S/C22H25NO3/c1-16(24)20-6-2-3-7-21(20)18-8-10-19(11-9-18)22(25)23-13-4-5-17-12-14-26-15-17/h2-3,6-11,17H,4-5,12-15H2,1H3,(H,23,25)/t17-/m0/s1. The molecule has 1 N–H and O–H groups in total. The average Bonchev–Trinajstić information content (AvgIpc) is 3.18. The van der Waals surface area contributed by atoms with E-state index in [0.29, 0.717) is 23.6 Å². The van der Waals surface area contributed by atoms with Gasteiger partial charge in [-0.2, -0.15) is 0 Å². The smallest absolute Gasteiger partial charge is 0.251 e. The molecule has 4 nitrogen and oxygen atoms in total. The Labute approximate surface area is 154 Å². The lowest BCUT2D eigenvalue weighted by molar-refractivity contribution is 0.0951. The van der Waals surface area contributed by atoms with Gasteiger partial charge >= 0.3 is 0 Å². The van der Waals surface area contributed by atoms with Gasteiger partial charge in [0.2, 0.25) is 0 Å². The van der Waals surface area contributed by atoms with Crippen LogP contribution in [0.25, 0.3) is 11.1 Å². The molecule has 0 bridgehead atoms. The molecule has 1 heterocycles. The van der Waals surface area contributed by atoms with Crippen LogP contribution in [0.2, 0.25) is 0 Å². The molecule has 3 rings (SSSR count). The summed E-state index contributed by atoms with van der Waals surface area (Å²) in [5.74, 6) is 0.627. The van der Waals surface area contributed by atoms with Crippen LogP contribution in [0.1, 0.15) is 46.9 Å². The number of hydrogen-bond acceptors (Lipinski definition) is 3. The molecule has 1 saturated heterocycles. The van der Waals surface area contributed by atoms with Crippen molar-refractivity contribution in [1.29, 1.82) is 0 Å². The number of rotatable bonds is 7. The highest BCUT2D eigenvalue weighted by atomic mass is 16.5. The fraction of sp³-hybridized carbons (Fsp3) is 0.364. The third-order valence-corrected chi connectivity index (χ3v) is 4.86. The van der Waals surface area contributed by atoms with E-state index in [1.165, 1.54) is 0 Å². The van der Waals surface area contributed by atoms with E-state index in [9.17, 15) is 9.59 Å². The summed E-state index contributed by atoms with van der Waals surface area (Å²) in [5, 5.41) is 2.98. The number of hydrogen-bond donors (Lipinski definition) is 1. The zero-order valence-electron chi connectivity index (χ0n) is 15.2. The third-order valence-electron chi connectivity index (χ3n) is 4.86. The number of carbonyl (C=O) groups is 2. The molecule has 0 aliphatic carbocycles. The second-order valence-electron chi connectivity index (χ2n) is 6.81. The molecule has 1 fully saturated rings. The maximum absolute atomic E-state index is 12.3. The summed E-state index contributed by atoms with van der Waals surface area (Å²) >= 11 is 0. The monoisotopic (exact) mass is 351 g/mol. The molecule has 4 heteroatoms. The molecule has 2 aromatic carbocycles. The highest BCUT2D eigenvalue weighted by Gasteiger charge is 2.15. The quantitative estimate of drug-likeness (QED) is 0.603. The van der Waals surface area contributed by atoms with Gasteiger partial charge in [-0.05, 0) is 55.4 Å². The zero-order valence-corrected chi connectivity index (χ0v) is 15.2. The summed E-state index contributed by atoms with van der Waals surface area (Å²) in [7, 11) is 0. The summed E-state index contributed by atoms with van der Waals surface area (Å²) in [6, 6.07) is 14.9. The maximum Gasteiger partial charge on any atom is 0.251 e. The van der Waals surface area contributed by atoms with E-state index in [1.807, 2.05) is 48.5 Å². The van der Waals surface area contributed by atoms with Gasteiger partial charge in [0.25, 0.3) is 5.91 Å². The topological polar surface area (TPSA) is 55.4 Å². The van der Waals surface area contributed by atoms with Crippen LogP contribution in [0, 0.1) is 5.92 Å². The number of Topliss-reactive ketones (excluding diaryl/α,β-unsaturated/α-hetero) is 1.